The minimum atomic E-state index is -0.920. The van der Waals surface area contributed by atoms with Gasteiger partial charge in [0.05, 0.1) is 0 Å². The molecule has 0 aromatic carbocycles. The molecule has 0 saturated heterocycles. The number of rotatable bonds is 8. The van der Waals surface area contributed by atoms with Crippen LogP contribution >= 0.6 is 12.6 Å². The molecular weight excluding hydrogens is 248 g/mol. The quantitative estimate of drug-likeness (QED) is 0.280. The molecule has 0 aliphatic carbocycles. The molecule has 0 bridgehead atoms. The minimum Gasteiger partial charge on any atom is -0.481 e. The van der Waals surface area contributed by atoms with Crippen LogP contribution in [0.4, 0.5) is 4.79 Å². The summed E-state index contributed by atoms with van der Waals surface area (Å²) in [4.78, 5) is 31.7. The molecule has 0 heterocycles. The normalized spacial score (nSPS) is 13.3. The number of nitrogens with one attached hydrogen (secondary N) is 2. The number of ether oxygens (including phenoxy) is 1. The fourth-order valence-corrected chi connectivity index (χ4v) is 1.19. The van der Waals surface area contributed by atoms with Crippen LogP contribution in [-0.2, 0) is 14.3 Å². The summed E-state index contributed by atoms with van der Waals surface area (Å²) in [6.45, 7) is 1.90. The molecular formula is C9H16N2O5S. The smallest absolute Gasteiger partial charge is 0.317 e. The molecule has 2 amide bonds. The van der Waals surface area contributed by atoms with Crippen LogP contribution in [0.5, 0.6) is 0 Å². The van der Waals surface area contributed by atoms with Crippen molar-refractivity contribution in [2.45, 2.75) is 32.0 Å². The Morgan fingerprint density at radius 3 is 2.59 bits per heavy atom. The third-order valence-electron chi connectivity index (χ3n) is 1.85. The van der Waals surface area contributed by atoms with Gasteiger partial charge in [-0.3, -0.25) is 9.59 Å². The van der Waals surface area contributed by atoms with E-state index >= 15 is 0 Å². The molecule has 0 aliphatic rings. The average molecular weight is 264 g/mol. The van der Waals surface area contributed by atoms with E-state index in [-0.39, 0.29) is 24.7 Å². The number of carboxylic acids is 1. The second-order valence-corrected chi connectivity index (χ2v) is 3.72. The maximum absolute atomic E-state index is 11.3. The van der Waals surface area contributed by atoms with Gasteiger partial charge in [-0.2, -0.15) is 12.6 Å². The van der Waals surface area contributed by atoms with Gasteiger partial charge in [0.1, 0.15) is 0 Å². The van der Waals surface area contributed by atoms with Crippen molar-refractivity contribution in [3.05, 3.63) is 0 Å². The number of urea groups is 1. The number of aliphatic carboxylic acids is 1. The first kappa shape index (κ1) is 15.6. The largest absolute Gasteiger partial charge is 0.481 e. The zero-order valence-corrected chi connectivity index (χ0v) is 10.3. The number of hydrogen-bond donors (Lipinski definition) is 4. The third-order valence-corrected chi connectivity index (χ3v) is 2.18. The summed E-state index contributed by atoms with van der Waals surface area (Å²) < 4.78 is 4.52. The summed E-state index contributed by atoms with van der Waals surface area (Å²) in [5, 5.41) is 13.3. The van der Waals surface area contributed by atoms with Crippen LogP contribution in [0.25, 0.3) is 0 Å². The molecule has 0 radical (unpaired) electrons. The van der Waals surface area contributed by atoms with Gasteiger partial charge in [0.15, 0.2) is 6.23 Å². The zero-order chi connectivity index (χ0) is 13.3. The lowest BCUT2D eigenvalue weighted by atomic mass is 10.2. The van der Waals surface area contributed by atoms with Crippen molar-refractivity contribution < 1.29 is 24.2 Å². The maximum Gasteiger partial charge on any atom is 0.317 e. The van der Waals surface area contributed by atoms with Crippen molar-refractivity contribution in [1.82, 2.24) is 10.6 Å². The van der Waals surface area contributed by atoms with E-state index in [0.29, 0.717) is 6.42 Å². The van der Waals surface area contributed by atoms with Crippen molar-refractivity contribution >= 4 is 31.1 Å². The van der Waals surface area contributed by atoms with Crippen LogP contribution in [0.15, 0.2) is 0 Å². The van der Waals surface area contributed by atoms with Gasteiger partial charge in [-0.15, -0.1) is 0 Å². The van der Waals surface area contributed by atoms with Gasteiger partial charge in [-0.1, -0.05) is 0 Å². The summed E-state index contributed by atoms with van der Waals surface area (Å²) in [5.41, 5.74) is 0. The summed E-state index contributed by atoms with van der Waals surface area (Å²) in [6.07, 6.45) is -0.506. The fourth-order valence-electron chi connectivity index (χ4n) is 1.01. The van der Waals surface area contributed by atoms with E-state index in [1.807, 2.05) is 0 Å². The minimum absolute atomic E-state index is 0.0255. The monoisotopic (exact) mass is 264 g/mol. The standard InChI is InChI=1S/C9H16N2O5S/c1-6(2-3-8(13)14)10-9(15)11-7(4-17)16-5-12/h5-7,17H,2-4H2,1H3,(H,13,14)(H2,10,11,15)/t6-,7-/m1/s1. The number of hydrogen-bond acceptors (Lipinski definition) is 5. The SMILES string of the molecule is C[C@H](CCC(=O)O)NC(=O)N[C@@H](CS)OC=O. The molecule has 0 saturated carbocycles. The Balaban J connectivity index is 3.90. The zero-order valence-electron chi connectivity index (χ0n) is 9.38. The van der Waals surface area contributed by atoms with Crippen LogP contribution in [0.3, 0.4) is 0 Å². The molecule has 0 aliphatic heterocycles. The van der Waals surface area contributed by atoms with Gasteiger partial charge < -0.3 is 20.5 Å². The predicted octanol–water partition coefficient (Wildman–Crippen LogP) is -0.0322. The molecule has 8 heteroatoms. The van der Waals surface area contributed by atoms with E-state index < -0.39 is 18.2 Å². The first-order valence-corrected chi connectivity index (χ1v) is 5.61. The topological polar surface area (TPSA) is 105 Å². The van der Waals surface area contributed by atoms with Gasteiger partial charge in [0.2, 0.25) is 0 Å². The highest BCUT2D eigenvalue weighted by molar-refractivity contribution is 7.80. The Bertz CT molecular complexity index is 274. The first-order chi connectivity index (χ1) is 7.99. The van der Waals surface area contributed by atoms with Crippen molar-refractivity contribution in [1.29, 1.82) is 0 Å². The molecule has 0 aromatic rings. The predicted molar refractivity (Wildman–Crippen MR) is 62.8 cm³/mol. The van der Waals surface area contributed by atoms with Gasteiger partial charge in [0, 0.05) is 18.2 Å². The molecule has 0 rings (SSSR count). The van der Waals surface area contributed by atoms with Crippen LogP contribution < -0.4 is 10.6 Å². The van der Waals surface area contributed by atoms with Crippen molar-refractivity contribution in [2.75, 3.05) is 5.75 Å². The molecule has 0 aromatic heterocycles. The second kappa shape index (κ2) is 8.68. The van der Waals surface area contributed by atoms with E-state index in [2.05, 4.69) is 28.0 Å². The number of carbonyl (C=O) groups is 3. The number of amides is 2. The lowest BCUT2D eigenvalue weighted by Gasteiger charge is -2.17. The lowest BCUT2D eigenvalue weighted by Crippen LogP contribution is -2.47. The van der Waals surface area contributed by atoms with Gasteiger partial charge in [-0.05, 0) is 13.3 Å². The van der Waals surface area contributed by atoms with Crippen molar-refractivity contribution in [3.8, 4) is 0 Å². The van der Waals surface area contributed by atoms with Crippen LogP contribution in [0.1, 0.15) is 19.8 Å². The molecule has 3 N–H and O–H groups in total. The van der Waals surface area contributed by atoms with E-state index in [4.69, 9.17) is 5.11 Å². The Morgan fingerprint density at radius 1 is 1.47 bits per heavy atom. The number of carboxylic acid groups (broad SMARTS) is 1. The summed E-state index contributed by atoms with van der Waals surface area (Å²) in [5.74, 6) is -0.771. The van der Waals surface area contributed by atoms with E-state index in [0.717, 1.165) is 0 Å². The Kier molecular flexibility index (Phi) is 7.95. The van der Waals surface area contributed by atoms with Gasteiger partial charge in [-0.25, -0.2) is 4.79 Å². The average Bonchev–Trinajstić information content (AvgIpc) is 2.25. The Labute approximate surface area is 104 Å². The maximum atomic E-state index is 11.3. The third kappa shape index (κ3) is 8.38. The molecule has 98 valence electrons. The highest BCUT2D eigenvalue weighted by Crippen LogP contribution is 1.96. The fraction of sp³-hybridized carbons (Fsp3) is 0.667. The summed E-state index contributed by atoms with van der Waals surface area (Å²) in [7, 11) is 0. The lowest BCUT2D eigenvalue weighted by molar-refractivity contribution is -0.137. The molecule has 0 spiro atoms. The highest BCUT2D eigenvalue weighted by atomic mass is 32.1. The first-order valence-electron chi connectivity index (χ1n) is 4.98. The van der Waals surface area contributed by atoms with E-state index in [1.165, 1.54) is 0 Å². The van der Waals surface area contributed by atoms with Crippen LogP contribution in [0, 0.1) is 0 Å². The molecule has 0 fully saturated rings. The van der Waals surface area contributed by atoms with Crippen molar-refractivity contribution in [2.24, 2.45) is 0 Å². The highest BCUT2D eigenvalue weighted by Gasteiger charge is 2.13. The number of carbonyl (C=O) groups excluding carboxylic acids is 2. The van der Waals surface area contributed by atoms with E-state index in [1.54, 1.807) is 6.92 Å². The molecule has 7 nitrogen and oxygen atoms in total. The van der Waals surface area contributed by atoms with E-state index in [9.17, 15) is 14.4 Å². The molecule has 17 heavy (non-hydrogen) atoms. The summed E-state index contributed by atoms with van der Waals surface area (Å²) in [6, 6.07) is -0.827. The van der Waals surface area contributed by atoms with Gasteiger partial charge >= 0.3 is 12.0 Å². The second-order valence-electron chi connectivity index (χ2n) is 3.35. The van der Waals surface area contributed by atoms with Crippen molar-refractivity contribution in [3.63, 3.8) is 0 Å². The number of thiol groups is 1. The molecule has 0 unspecified atom stereocenters. The summed E-state index contributed by atoms with van der Waals surface area (Å²) >= 11 is 3.88. The van der Waals surface area contributed by atoms with Crippen LogP contribution in [0.2, 0.25) is 0 Å². The van der Waals surface area contributed by atoms with Crippen LogP contribution in [-0.4, -0.2) is 41.6 Å². The Hall–Kier alpha value is -1.44. The molecule has 2 atom stereocenters. The Morgan fingerprint density at radius 2 is 2.12 bits per heavy atom. The van der Waals surface area contributed by atoms with Gasteiger partial charge in [0.25, 0.3) is 6.47 Å².